The van der Waals surface area contributed by atoms with Crippen LogP contribution in [0.25, 0.3) is 0 Å². The molecule has 0 atom stereocenters. The highest BCUT2D eigenvalue weighted by Gasteiger charge is 2.13. The molecule has 0 radical (unpaired) electrons. The summed E-state index contributed by atoms with van der Waals surface area (Å²) in [5, 5.41) is 1.83. The van der Waals surface area contributed by atoms with Crippen LogP contribution in [-0.4, -0.2) is 10.9 Å². The Labute approximate surface area is 149 Å². The highest BCUT2D eigenvalue weighted by Crippen LogP contribution is 2.16. The molecule has 3 aromatic rings. The van der Waals surface area contributed by atoms with Gasteiger partial charge in [-0.05, 0) is 39.7 Å². The Morgan fingerprint density at radius 2 is 1.67 bits per heavy atom. The second-order valence-electron chi connectivity index (χ2n) is 5.24. The molecule has 0 fully saturated rings. The van der Waals surface area contributed by atoms with E-state index in [0.29, 0.717) is 12.1 Å². The number of hydrogen-bond acceptors (Lipinski definition) is 3. The molecule has 0 bridgehead atoms. The average Bonchev–Trinajstić information content (AvgIpc) is 2.63. The molecule has 0 unspecified atom stereocenters. The molecular weight excluding hydrogens is 366 g/mol. The van der Waals surface area contributed by atoms with Gasteiger partial charge in [0.25, 0.3) is 5.91 Å². The lowest BCUT2D eigenvalue weighted by atomic mass is 10.2. The Morgan fingerprint density at radius 3 is 2.33 bits per heavy atom. The molecule has 0 spiro atoms. The Kier molecular flexibility index (Phi) is 5.23. The second-order valence-corrected chi connectivity index (χ2v) is 6.16. The number of benzene rings is 2. The third-order valence-corrected chi connectivity index (χ3v) is 3.89. The van der Waals surface area contributed by atoms with Crippen LogP contribution in [0.2, 0.25) is 0 Å². The lowest BCUT2D eigenvalue weighted by molar-refractivity contribution is 0.0947. The molecule has 3 rings (SSSR count). The molecule has 0 aliphatic heterocycles. The molecule has 24 heavy (non-hydrogen) atoms. The maximum absolute atomic E-state index is 12.6. The van der Waals surface area contributed by atoms with E-state index >= 15 is 0 Å². The van der Waals surface area contributed by atoms with Gasteiger partial charge in [0.1, 0.15) is 0 Å². The number of para-hydroxylation sites is 1. The first-order valence-corrected chi connectivity index (χ1v) is 8.30. The van der Waals surface area contributed by atoms with Crippen molar-refractivity contribution >= 4 is 27.5 Å². The van der Waals surface area contributed by atoms with Gasteiger partial charge in [-0.2, -0.15) is 0 Å². The molecule has 1 amide bonds. The molecule has 0 saturated heterocycles. The van der Waals surface area contributed by atoms with Gasteiger partial charge in [-0.15, -0.1) is 0 Å². The summed E-state index contributed by atoms with van der Waals surface area (Å²) < 4.78 is 0.768. The Hall–Kier alpha value is -2.66. The first-order chi connectivity index (χ1) is 11.7. The number of nitrogens with one attached hydrogen (secondary N) is 1. The number of hydrogen-bond donors (Lipinski definition) is 1. The topological polar surface area (TPSA) is 45.2 Å². The van der Waals surface area contributed by atoms with Crippen LogP contribution in [0.3, 0.4) is 0 Å². The van der Waals surface area contributed by atoms with Crippen LogP contribution in [0.4, 0.5) is 5.69 Å². The zero-order valence-electron chi connectivity index (χ0n) is 12.9. The van der Waals surface area contributed by atoms with Gasteiger partial charge in [0.05, 0.1) is 17.8 Å². The van der Waals surface area contributed by atoms with Crippen molar-refractivity contribution in [3.05, 3.63) is 94.7 Å². The van der Waals surface area contributed by atoms with Crippen molar-refractivity contribution in [1.29, 1.82) is 0 Å². The highest BCUT2D eigenvalue weighted by atomic mass is 79.9. The molecule has 1 aromatic heterocycles. The zero-order valence-corrected chi connectivity index (χ0v) is 14.5. The van der Waals surface area contributed by atoms with Crippen LogP contribution >= 0.6 is 15.9 Å². The highest BCUT2D eigenvalue weighted by molar-refractivity contribution is 9.10. The molecule has 0 aliphatic carbocycles. The molecule has 1 heterocycles. The van der Waals surface area contributed by atoms with Gasteiger partial charge in [-0.25, -0.2) is 0 Å². The van der Waals surface area contributed by atoms with Gasteiger partial charge in [0.15, 0.2) is 0 Å². The monoisotopic (exact) mass is 381 g/mol. The van der Waals surface area contributed by atoms with Crippen LogP contribution in [0.1, 0.15) is 15.9 Å². The summed E-state index contributed by atoms with van der Waals surface area (Å²) in [5.74, 6) is -0.205. The van der Waals surface area contributed by atoms with Crippen molar-refractivity contribution in [3.8, 4) is 0 Å². The first-order valence-electron chi connectivity index (χ1n) is 7.50. The molecule has 5 heteroatoms. The van der Waals surface area contributed by atoms with Crippen LogP contribution in [0.5, 0.6) is 0 Å². The molecule has 4 nitrogen and oxygen atoms in total. The number of pyridine rings is 1. The standard InChI is InChI=1S/C19H16BrN3O/c20-17-11-16(12-21-13-17)19(24)22-23(18-9-5-2-6-10-18)14-15-7-3-1-4-8-15/h1-13H,14H2,(H,22,24). The van der Waals surface area contributed by atoms with E-state index in [1.54, 1.807) is 18.5 Å². The number of aromatic nitrogens is 1. The van der Waals surface area contributed by atoms with Gasteiger partial charge < -0.3 is 0 Å². The van der Waals surface area contributed by atoms with Gasteiger partial charge in [0, 0.05) is 16.9 Å². The van der Waals surface area contributed by atoms with Gasteiger partial charge >= 0.3 is 0 Å². The number of carbonyl (C=O) groups is 1. The fourth-order valence-electron chi connectivity index (χ4n) is 2.29. The summed E-state index contributed by atoms with van der Waals surface area (Å²) in [6, 6.07) is 21.5. The minimum absolute atomic E-state index is 0.205. The van der Waals surface area contributed by atoms with Gasteiger partial charge in [0.2, 0.25) is 0 Å². The van der Waals surface area contributed by atoms with E-state index in [4.69, 9.17) is 0 Å². The fourth-order valence-corrected chi connectivity index (χ4v) is 2.66. The number of carbonyl (C=O) groups excluding carboxylic acids is 1. The number of halogens is 1. The van der Waals surface area contributed by atoms with Crippen molar-refractivity contribution in [2.75, 3.05) is 5.01 Å². The maximum Gasteiger partial charge on any atom is 0.271 e. The fraction of sp³-hybridized carbons (Fsp3) is 0.0526. The average molecular weight is 382 g/mol. The van der Waals surface area contributed by atoms with Crippen LogP contribution < -0.4 is 10.4 Å². The Morgan fingerprint density at radius 1 is 1.00 bits per heavy atom. The van der Waals surface area contributed by atoms with E-state index in [-0.39, 0.29) is 5.91 Å². The molecular formula is C19H16BrN3O. The summed E-state index contributed by atoms with van der Waals surface area (Å²) in [6.07, 6.45) is 3.20. The normalized spacial score (nSPS) is 10.2. The van der Waals surface area contributed by atoms with Crippen molar-refractivity contribution in [1.82, 2.24) is 10.4 Å². The quantitative estimate of drug-likeness (QED) is 0.673. The van der Waals surface area contributed by atoms with Crippen LogP contribution in [0.15, 0.2) is 83.6 Å². The Bertz CT molecular complexity index is 809. The minimum atomic E-state index is -0.205. The maximum atomic E-state index is 12.6. The molecule has 0 aliphatic rings. The molecule has 1 N–H and O–H groups in total. The number of anilines is 1. The third kappa shape index (κ3) is 4.20. The van der Waals surface area contributed by atoms with E-state index < -0.39 is 0 Å². The molecule has 0 saturated carbocycles. The predicted molar refractivity (Wildman–Crippen MR) is 98.5 cm³/mol. The number of rotatable bonds is 5. The smallest absolute Gasteiger partial charge is 0.271 e. The predicted octanol–water partition coefficient (Wildman–Crippen LogP) is 4.20. The number of hydrazine groups is 1. The summed E-state index contributed by atoms with van der Waals surface area (Å²) in [7, 11) is 0. The molecule has 120 valence electrons. The largest absolute Gasteiger partial charge is 0.281 e. The van der Waals surface area contributed by atoms with E-state index in [1.807, 2.05) is 65.7 Å². The molecule has 2 aromatic carbocycles. The van der Waals surface area contributed by atoms with Crippen molar-refractivity contribution in [3.63, 3.8) is 0 Å². The van der Waals surface area contributed by atoms with E-state index in [0.717, 1.165) is 15.7 Å². The van der Waals surface area contributed by atoms with Crippen molar-refractivity contribution < 1.29 is 4.79 Å². The van der Waals surface area contributed by atoms with Crippen LogP contribution in [0, 0.1) is 0 Å². The summed E-state index contributed by atoms with van der Waals surface area (Å²) in [5.41, 5.74) is 5.48. The lowest BCUT2D eigenvalue weighted by Gasteiger charge is -2.25. The first kappa shape index (κ1) is 16.2. The lowest BCUT2D eigenvalue weighted by Crippen LogP contribution is -2.42. The second kappa shape index (κ2) is 7.75. The van der Waals surface area contributed by atoms with Crippen molar-refractivity contribution in [2.24, 2.45) is 0 Å². The van der Waals surface area contributed by atoms with E-state index in [9.17, 15) is 4.79 Å². The summed E-state index contributed by atoms with van der Waals surface area (Å²) in [4.78, 5) is 16.6. The summed E-state index contributed by atoms with van der Waals surface area (Å²) in [6.45, 7) is 0.567. The SMILES string of the molecule is O=C(NN(Cc1ccccc1)c1ccccc1)c1cncc(Br)c1. The number of amides is 1. The van der Waals surface area contributed by atoms with Crippen molar-refractivity contribution in [2.45, 2.75) is 6.54 Å². The number of nitrogens with zero attached hydrogens (tertiary/aromatic N) is 2. The van der Waals surface area contributed by atoms with E-state index in [2.05, 4.69) is 26.3 Å². The van der Waals surface area contributed by atoms with Gasteiger partial charge in [-0.3, -0.25) is 20.2 Å². The minimum Gasteiger partial charge on any atom is -0.281 e. The Balaban J connectivity index is 1.83. The zero-order chi connectivity index (χ0) is 16.8. The van der Waals surface area contributed by atoms with Gasteiger partial charge in [-0.1, -0.05) is 48.5 Å². The van der Waals surface area contributed by atoms with E-state index in [1.165, 1.54) is 0 Å². The van der Waals surface area contributed by atoms with Crippen LogP contribution in [-0.2, 0) is 6.54 Å². The summed E-state index contributed by atoms with van der Waals surface area (Å²) >= 11 is 3.34. The third-order valence-electron chi connectivity index (χ3n) is 3.45.